The zero-order valence-electron chi connectivity index (χ0n) is 10.1. The van der Waals surface area contributed by atoms with Crippen molar-refractivity contribution in [3.8, 4) is 0 Å². The van der Waals surface area contributed by atoms with Gasteiger partial charge in [-0.25, -0.2) is 4.98 Å². The van der Waals surface area contributed by atoms with Crippen molar-refractivity contribution in [1.29, 1.82) is 0 Å². The van der Waals surface area contributed by atoms with Crippen LogP contribution in [0.15, 0.2) is 6.07 Å². The minimum atomic E-state index is -0.339. The van der Waals surface area contributed by atoms with Crippen molar-refractivity contribution in [3.63, 3.8) is 0 Å². The Morgan fingerprint density at radius 1 is 1.32 bits per heavy atom. The highest BCUT2D eigenvalue weighted by Crippen LogP contribution is 2.31. The molecule has 1 saturated heterocycles. The van der Waals surface area contributed by atoms with Crippen molar-refractivity contribution in [2.24, 2.45) is 0 Å². The van der Waals surface area contributed by atoms with Crippen LogP contribution >= 0.6 is 11.3 Å². The Morgan fingerprint density at radius 2 is 2.00 bits per heavy atom. The number of imide groups is 1. The number of hydrogen-bond acceptors (Lipinski definition) is 7. The molecule has 0 bridgehead atoms. The van der Waals surface area contributed by atoms with Gasteiger partial charge in [-0.2, -0.15) is 4.98 Å². The molecule has 98 valence electrons. The predicted molar refractivity (Wildman–Crippen MR) is 71.9 cm³/mol. The van der Waals surface area contributed by atoms with Gasteiger partial charge in [-0.1, -0.05) is 0 Å². The lowest BCUT2D eigenvalue weighted by Gasteiger charge is -2.26. The molecule has 2 amide bonds. The number of nitrogens with two attached hydrogens (primary N) is 1. The fourth-order valence-electron chi connectivity index (χ4n) is 2.07. The first kappa shape index (κ1) is 11.8. The minimum absolute atomic E-state index is 0.0895. The summed E-state index contributed by atoms with van der Waals surface area (Å²) in [6.07, 6.45) is 0. The van der Waals surface area contributed by atoms with E-state index in [1.807, 2.05) is 13.0 Å². The molecule has 1 aliphatic heterocycles. The Bertz CT molecular complexity index is 680. The second-order valence-electron chi connectivity index (χ2n) is 4.31. The summed E-state index contributed by atoms with van der Waals surface area (Å²) in [5.74, 6) is -0.0000916. The minimum Gasteiger partial charge on any atom is -0.368 e. The number of thiophene rings is 1. The monoisotopic (exact) mass is 277 g/mol. The first-order valence-corrected chi connectivity index (χ1v) is 6.46. The normalized spacial score (nSPS) is 15.9. The van der Waals surface area contributed by atoms with E-state index >= 15 is 0 Å². The van der Waals surface area contributed by atoms with Crippen LogP contribution in [-0.2, 0) is 9.59 Å². The van der Waals surface area contributed by atoms with Gasteiger partial charge in [0, 0.05) is 4.88 Å². The first-order valence-electron chi connectivity index (χ1n) is 5.64. The molecule has 2 aromatic heterocycles. The lowest BCUT2D eigenvalue weighted by atomic mass is 10.3. The summed E-state index contributed by atoms with van der Waals surface area (Å²) in [4.78, 5) is 34.7. The maximum absolute atomic E-state index is 11.4. The molecule has 0 unspecified atom stereocenters. The summed E-state index contributed by atoms with van der Waals surface area (Å²) < 4.78 is 0. The smallest absolute Gasteiger partial charge is 0.246 e. The summed E-state index contributed by atoms with van der Waals surface area (Å²) in [5.41, 5.74) is 5.68. The molecule has 7 nitrogen and oxygen atoms in total. The van der Waals surface area contributed by atoms with Crippen LogP contribution in [0, 0.1) is 6.92 Å². The van der Waals surface area contributed by atoms with E-state index in [9.17, 15) is 9.59 Å². The third-order valence-electron chi connectivity index (χ3n) is 2.76. The van der Waals surface area contributed by atoms with Crippen molar-refractivity contribution in [2.45, 2.75) is 6.92 Å². The van der Waals surface area contributed by atoms with Crippen molar-refractivity contribution in [2.75, 3.05) is 23.7 Å². The van der Waals surface area contributed by atoms with Gasteiger partial charge in [0.15, 0.2) is 0 Å². The van der Waals surface area contributed by atoms with Crippen molar-refractivity contribution in [3.05, 3.63) is 10.9 Å². The van der Waals surface area contributed by atoms with Gasteiger partial charge >= 0.3 is 0 Å². The molecule has 3 rings (SSSR count). The molecular formula is C11H11N5O2S. The number of amides is 2. The van der Waals surface area contributed by atoms with Crippen LogP contribution in [0.3, 0.4) is 0 Å². The second kappa shape index (κ2) is 4.16. The van der Waals surface area contributed by atoms with Crippen molar-refractivity contribution < 1.29 is 9.59 Å². The Morgan fingerprint density at radius 3 is 2.68 bits per heavy atom. The number of nitrogen functional groups attached to an aromatic ring is 1. The van der Waals surface area contributed by atoms with Crippen LogP contribution in [0.1, 0.15) is 4.88 Å². The number of nitrogens with one attached hydrogen (secondary N) is 1. The molecule has 0 aromatic carbocycles. The molecule has 8 heteroatoms. The number of fused-ring (bicyclic) bond motifs is 1. The molecule has 3 N–H and O–H groups in total. The average Bonchev–Trinajstić information content (AvgIpc) is 2.66. The molecule has 0 radical (unpaired) electrons. The quantitative estimate of drug-likeness (QED) is 0.714. The molecule has 3 heterocycles. The average molecular weight is 277 g/mol. The molecule has 1 fully saturated rings. The highest BCUT2D eigenvalue weighted by molar-refractivity contribution is 7.18. The van der Waals surface area contributed by atoms with Gasteiger partial charge in [-0.15, -0.1) is 11.3 Å². The van der Waals surface area contributed by atoms with E-state index in [-0.39, 0.29) is 30.9 Å². The van der Waals surface area contributed by atoms with Gasteiger partial charge < -0.3 is 10.6 Å². The maximum atomic E-state index is 11.4. The highest BCUT2D eigenvalue weighted by atomic mass is 32.1. The van der Waals surface area contributed by atoms with Crippen molar-refractivity contribution in [1.82, 2.24) is 15.3 Å². The first-order chi connectivity index (χ1) is 9.02. The Balaban J connectivity index is 2.13. The number of carbonyl (C=O) groups excluding carboxylic acids is 2. The number of aryl methyl sites for hydroxylation is 1. The SMILES string of the molecule is Cc1cc2c(N3CC(=O)NC(=O)C3)nc(N)nc2s1. The summed E-state index contributed by atoms with van der Waals surface area (Å²) in [7, 11) is 0. The lowest BCUT2D eigenvalue weighted by molar-refractivity contribution is -0.130. The van der Waals surface area contributed by atoms with Crippen LogP contribution in [0.25, 0.3) is 10.2 Å². The van der Waals surface area contributed by atoms with E-state index in [1.165, 1.54) is 11.3 Å². The van der Waals surface area contributed by atoms with E-state index in [0.29, 0.717) is 5.82 Å². The number of nitrogens with zero attached hydrogens (tertiary/aromatic N) is 3. The molecule has 1 aliphatic rings. The molecule has 0 aliphatic carbocycles. The van der Waals surface area contributed by atoms with E-state index in [1.54, 1.807) is 4.90 Å². The van der Waals surface area contributed by atoms with E-state index < -0.39 is 0 Å². The van der Waals surface area contributed by atoms with Crippen LogP contribution in [0.2, 0.25) is 0 Å². The number of anilines is 2. The number of aromatic nitrogens is 2. The zero-order chi connectivity index (χ0) is 13.6. The standard InChI is InChI=1S/C11H11N5O2S/c1-5-2-6-9(14-11(12)15-10(6)19-5)16-3-7(17)13-8(18)4-16/h2H,3-4H2,1H3,(H2,12,14,15)(H,13,17,18). The van der Waals surface area contributed by atoms with Gasteiger partial charge in [0.05, 0.1) is 18.5 Å². The van der Waals surface area contributed by atoms with Gasteiger partial charge in [0.1, 0.15) is 10.6 Å². The summed E-state index contributed by atoms with van der Waals surface area (Å²) >= 11 is 1.50. The number of rotatable bonds is 1. The zero-order valence-corrected chi connectivity index (χ0v) is 11.0. The van der Waals surface area contributed by atoms with Crippen LogP contribution < -0.4 is 16.0 Å². The third-order valence-corrected chi connectivity index (χ3v) is 3.70. The summed E-state index contributed by atoms with van der Waals surface area (Å²) in [6.45, 7) is 2.14. The van der Waals surface area contributed by atoms with Gasteiger partial charge in [0.2, 0.25) is 17.8 Å². The number of piperazine rings is 1. The largest absolute Gasteiger partial charge is 0.368 e. The lowest BCUT2D eigenvalue weighted by Crippen LogP contribution is -2.51. The maximum Gasteiger partial charge on any atom is 0.246 e. The third kappa shape index (κ3) is 2.10. The highest BCUT2D eigenvalue weighted by Gasteiger charge is 2.25. The van der Waals surface area contributed by atoms with Gasteiger partial charge in [0.25, 0.3) is 0 Å². The molecular weight excluding hydrogens is 266 g/mol. The molecule has 2 aromatic rings. The summed E-state index contributed by atoms with van der Waals surface area (Å²) in [6, 6.07) is 1.94. The van der Waals surface area contributed by atoms with Gasteiger partial charge in [-0.05, 0) is 13.0 Å². The fourth-order valence-corrected chi connectivity index (χ4v) is 2.95. The van der Waals surface area contributed by atoms with Crippen molar-refractivity contribution >= 4 is 45.1 Å². The van der Waals surface area contributed by atoms with E-state index in [0.717, 1.165) is 15.1 Å². The molecule has 19 heavy (non-hydrogen) atoms. The van der Waals surface area contributed by atoms with Crippen LogP contribution in [0.4, 0.5) is 11.8 Å². The molecule has 0 spiro atoms. The Kier molecular flexibility index (Phi) is 2.59. The van der Waals surface area contributed by atoms with Gasteiger partial charge in [-0.3, -0.25) is 14.9 Å². The number of hydrogen-bond donors (Lipinski definition) is 2. The predicted octanol–water partition coefficient (Wildman–Crippen LogP) is 0.0447. The van der Waals surface area contributed by atoms with Crippen LogP contribution in [0.5, 0.6) is 0 Å². The number of carbonyl (C=O) groups is 2. The van der Waals surface area contributed by atoms with E-state index in [2.05, 4.69) is 15.3 Å². The fraction of sp³-hybridized carbons (Fsp3) is 0.273. The Hall–Kier alpha value is -2.22. The summed E-state index contributed by atoms with van der Waals surface area (Å²) in [5, 5.41) is 3.07. The van der Waals surface area contributed by atoms with E-state index in [4.69, 9.17) is 5.73 Å². The Labute approximate surface area is 112 Å². The topological polar surface area (TPSA) is 101 Å². The molecule has 0 saturated carbocycles. The van der Waals surface area contributed by atoms with Crippen LogP contribution in [-0.4, -0.2) is 34.9 Å². The molecule has 0 atom stereocenters. The second-order valence-corrected chi connectivity index (χ2v) is 5.54.